The fourth-order valence-electron chi connectivity index (χ4n) is 3.19. The van der Waals surface area contributed by atoms with Crippen LogP contribution in [0.25, 0.3) is 0 Å². The van der Waals surface area contributed by atoms with E-state index in [1.165, 1.54) is 0 Å². The van der Waals surface area contributed by atoms with E-state index in [-0.39, 0.29) is 18.8 Å². The van der Waals surface area contributed by atoms with Crippen LogP contribution in [0.5, 0.6) is 0 Å². The van der Waals surface area contributed by atoms with Gasteiger partial charge in [-0.15, -0.1) is 0 Å². The molecule has 3 rings (SSSR count). The Morgan fingerprint density at radius 1 is 1.14 bits per heavy atom. The number of hydrogen-bond acceptors (Lipinski definition) is 4. The Kier molecular flexibility index (Phi) is 3.65. The molecule has 3 fully saturated rings. The van der Waals surface area contributed by atoms with E-state index >= 15 is 0 Å². The van der Waals surface area contributed by atoms with Crippen LogP contribution in [0.3, 0.4) is 0 Å². The number of carboxylic acid groups (broad SMARTS) is 1. The summed E-state index contributed by atoms with van der Waals surface area (Å²) in [4.78, 5) is 23.1. The molecule has 0 radical (unpaired) electrons. The molecule has 21 heavy (non-hydrogen) atoms. The maximum absolute atomic E-state index is 13.7. The fraction of sp³-hybridized carbons (Fsp3) is 0.857. The van der Waals surface area contributed by atoms with E-state index in [2.05, 4.69) is 5.32 Å². The Morgan fingerprint density at radius 2 is 1.71 bits per heavy atom. The smallest absolute Gasteiger partial charge is 0.326 e. The highest BCUT2D eigenvalue weighted by Gasteiger charge is 2.52. The second kappa shape index (κ2) is 5.21. The van der Waals surface area contributed by atoms with Crippen LogP contribution in [-0.2, 0) is 19.1 Å². The molecular weight excluding hydrogens is 281 g/mol. The maximum Gasteiger partial charge on any atom is 0.326 e. The van der Waals surface area contributed by atoms with Crippen LogP contribution >= 0.6 is 0 Å². The minimum Gasteiger partial charge on any atom is -0.480 e. The van der Waals surface area contributed by atoms with Gasteiger partial charge in [-0.2, -0.15) is 0 Å². The van der Waals surface area contributed by atoms with Crippen molar-refractivity contribution in [3.63, 3.8) is 0 Å². The van der Waals surface area contributed by atoms with E-state index < -0.39 is 29.4 Å². The number of halogens is 1. The molecule has 1 spiro atoms. The third kappa shape index (κ3) is 2.89. The van der Waals surface area contributed by atoms with Crippen molar-refractivity contribution in [3.8, 4) is 0 Å². The largest absolute Gasteiger partial charge is 0.480 e. The Morgan fingerprint density at radius 3 is 2.19 bits per heavy atom. The molecule has 0 aromatic heterocycles. The number of nitrogens with one attached hydrogen (secondary N) is 1. The van der Waals surface area contributed by atoms with Crippen molar-refractivity contribution in [1.82, 2.24) is 5.32 Å². The molecule has 1 amide bonds. The summed E-state index contributed by atoms with van der Waals surface area (Å²) in [6.45, 7) is 1.13. The summed E-state index contributed by atoms with van der Waals surface area (Å²) in [5.74, 6) is -2.68. The summed E-state index contributed by atoms with van der Waals surface area (Å²) < 4.78 is 24.9. The number of aliphatic carboxylic acids is 1. The number of carbonyl (C=O) groups excluding carboxylic acids is 1. The zero-order chi connectivity index (χ0) is 15.1. The number of hydrogen-bond donors (Lipinski definition) is 2. The maximum atomic E-state index is 13.7. The first-order chi connectivity index (χ1) is 9.94. The molecule has 1 atom stereocenters. The highest BCUT2D eigenvalue weighted by molar-refractivity contribution is 5.91. The lowest BCUT2D eigenvalue weighted by Gasteiger charge is -2.37. The van der Waals surface area contributed by atoms with E-state index in [1.54, 1.807) is 0 Å². The summed E-state index contributed by atoms with van der Waals surface area (Å²) >= 11 is 0. The van der Waals surface area contributed by atoms with Gasteiger partial charge in [0.15, 0.2) is 11.5 Å². The van der Waals surface area contributed by atoms with Crippen molar-refractivity contribution in [2.24, 2.45) is 5.92 Å². The molecule has 0 aromatic carbocycles. The van der Waals surface area contributed by atoms with E-state index in [4.69, 9.17) is 9.47 Å². The van der Waals surface area contributed by atoms with Gasteiger partial charge in [-0.1, -0.05) is 0 Å². The molecule has 1 unspecified atom stereocenters. The fourth-order valence-corrected chi connectivity index (χ4v) is 3.19. The second-order valence-electron chi connectivity index (χ2n) is 6.20. The molecule has 118 valence electrons. The van der Waals surface area contributed by atoms with Gasteiger partial charge in [-0.05, 0) is 31.6 Å². The molecule has 1 saturated heterocycles. The number of carboxylic acids is 1. The molecule has 7 heteroatoms. The van der Waals surface area contributed by atoms with Crippen LogP contribution in [-0.4, -0.2) is 47.7 Å². The number of alkyl halides is 1. The molecule has 6 nitrogen and oxygen atoms in total. The van der Waals surface area contributed by atoms with Gasteiger partial charge < -0.3 is 19.9 Å². The summed E-state index contributed by atoms with van der Waals surface area (Å²) in [6, 6.07) is -1.04. The van der Waals surface area contributed by atoms with Gasteiger partial charge in [0.2, 0.25) is 0 Å². The Bertz CT molecular complexity index is 435. The van der Waals surface area contributed by atoms with Gasteiger partial charge in [-0.25, -0.2) is 9.18 Å². The highest BCUT2D eigenvalue weighted by Crippen LogP contribution is 2.42. The predicted octanol–water partition coefficient (Wildman–Crippen LogP) is 0.991. The molecule has 2 aliphatic carbocycles. The zero-order valence-electron chi connectivity index (χ0n) is 11.8. The zero-order valence-corrected chi connectivity index (χ0v) is 11.8. The van der Waals surface area contributed by atoms with Crippen LogP contribution in [0.1, 0.15) is 38.5 Å². The molecule has 0 aromatic rings. The van der Waals surface area contributed by atoms with Gasteiger partial charge in [0.25, 0.3) is 5.91 Å². The normalized spacial score (nSPS) is 28.2. The molecule has 1 aliphatic heterocycles. The van der Waals surface area contributed by atoms with Gasteiger partial charge in [0.05, 0.1) is 13.2 Å². The monoisotopic (exact) mass is 301 g/mol. The summed E-state index contributed by atoms with van der Waals surface area (Å²) in [5.41, 5.74) is -1.85. The van der Waals surface area contributed by atoms with Gasteiger partial charge >= 0.3 is 5.97 Å². The minimum atomic E-state index is -1.85. The number of amides is 1. The average molecular weight is 301 g/mol. The third-order valence-electron chi connectivity index (χ3n) is 4.73. The van der Waals surface area contributed by atoms with E-state index in [9.17, 15) is 19.1 Å². The van der Waals surface area contributed by atoms with Crippen LogP contribution in [0.15, 0.2) is 0 Å². The Balaban J connectivity index is 1.60. The number of ether oxygens (including phenoxy) is 2. The molecule has 0 bridgehead atoms. The lowest BCUT2D eigenvalue weighted by Crippen LogP contribution is -2.51. The molecule has 2 N–H and O–H groups in total. The van der Waals surface area contributed by atoms with Crippen molar-refractivity contribution in [3.05, 3.63) is 0 Å². The van der Waals surface area contributed by atoms with E-state index in [0.717, 1.165) is 0 Å². The molecule has 3 aliphatic rings. The van der Waals surface area contributed by atoms with Crippen LogP contribution < -0.4 is 5.32 Å². The summed E-state index contributed by atoms with van der Waals surface area (Å²) in [5, 5.41) is 11.7. The summed E-state index contributed by atoms with van der Waals surface area (Å²) in [7, 11) is 0. The van der Waals surface area contributed by atoms with Gasteiger partial charge in [0, 0.05) is 12.8 Å². The molecule has 1 heterocycles. The minimum absolute atomic E-state index is 0.181. The van der Waals surface area contributed by atoms with Gasteiger partial charge in [0.1, 0.15) is 6.04 Å². The van der Waals surface area contributed by atoms with Gasteiger partial charge in [-0.3, -0.25) is 4.79 Å². The van der Waals surface area contributed by atoms with Crippen LogP contribution in [0.2, 0.25) is 0 Å². The number of rotatable bonds is 4. The van der Waals surface area contributed by atoms with E-state index in [0.29, 0.717) is 38.9 Å². The molecular formula is C14H20FNO5. The van der Waals surface area contributed by atoms with E-state index in [1.807, 2.05) is 0 Å². The first kappa shape index (κ1) is 14.7. The van der Waals surface area contributed by atoms with Crippen molar-refractivity contribution in [2.45, 2.75) is 56.0 Å². The van der Waals surface area contributed by atoms with Crippen molar-refractivity contribution in [1.29, 1.82) is 0 Å². The summed E-state index contributed by atoms with van der Waals surface area (Å²) in [6.07, 6.45) is 2.74. The highest BCUT2D eigenvalue weighted by atomic mass is 19.1. The SMILES string of the molecule is O=C(O)C(NC(=O)C1(F)CC1)C1CCC2(CC1)OCCO2. The van der Waals surface area contributed by atoms with Crippen molar-refractivity contribution >= 4 is 11.9 Å². The first-order valence-corrected chi connectivity index (χ1v) is 7.45. The average Bonchev–Trinajstić information content (AvgIpc) is 3.06. The van der Waals surface area contributed by atoms with Crippen molar-refractivity contribution in [2.75, 3.05) is 13.2 Å². The quantitative estimate of drug-likeness (QED) is 0.809. The van der Waals surface area contributed by atoms with Crippen LogP contribution in [0, 0.1) is 5.92 Å². The predicted molar refractivity (Wildman–Crippen MR) is 69.2 cm³/mol. The standard InChI is InChI=1S/C14H20FNO5/c15-13(5-6-13)12(19)16-10(11(17)18)9-1-3-14(4-2-9)20-7-8-21-14/h9-10H,1-8H2,(H,16,19)(H,17,18). The molecule has 2 saturated carbocycles. The topological polar surface area (TPSA) is 84.9 Å². The lowest BCUT2D eigenvalue weighted by molar-refractivity contribution is -0.185. The Hall–Kier alpha value is -1.21. The first-order valence-electron chi connectivity index (χ1n) is 7.45. The number of carbonyl (C=O) groups is 2. The third-order valence-corrected chi connectivity index (χ3v) is 4.73. The lowest BCUT2D eigenvalue weighted by atomic mass is 9.80. The Labute approximate surface area is 122 Å². The second-order valence-corrected chi connectivity index (χ2v) is 6.20. The van der Waals surface area contributed by atoms with Crippen molar-refractivity contribution < 1.29 is 28.6 Å². The van der Waals surface area contributed by atoms with Crippen LogP contribution in [0.4, 0.5) is 4.39 Å².